The maximum atomic E-state index is 14.2. The Morgan fingerprint density at radius 2 is 1.78 bits per heavy atom. The maximum Gasteiger partial charge on any atom is 0.358 e. The van der Waals surface area contributed by atoms with E-state index in [0.717, 1.165) is 34.1 Å². The molecule has 140 valence electrons. The summed E-state index contributed by atoms with van der Waals surface area (Å²) in [5.74, 6) is -2.44. The lowest BCUT2D eigenvalue weighted by Crippen LogP contribution is -2.44. The van der Waals surface area contributed by atoms with Gasteiger partial charge in [0.05, 0.1) is 5.69 Å². The first-order valence-electron chi connectivity index (χ1n) is 8.01. The molecule has 2 aromatic carbocycles. The van der Waals surface area contributed by atoms with Crippen molar-refractivity contribution >= 4 is 11.7 Å². The molecule has 3 rings (SSSR count). The van der Waals surface area contributed by atoms with Gasteiger partial charge in [-0.3, -0.25) is 4.90 Å². The van der Waals surface area contributed by atoms with Gasteiger partial charge >= 0.3 is 11.7 Å². The van der Waals surface area contributed by atoms with E-state index in [4.69, 9.17) is 0 Å². The van der Waals surface area contributed by atoms with Crippen LogP contribution in [0, 0.1) is 17.5 Å². The highest BCUT2D eigenvalue weighted by molar-refractivity contribution is 5.94. The molecule has 0 saturated heterocycles. The lowest BCUT2D eigenvalue weighted by atomic mass is 10.2. The number of aromatic nitrogens is 3. The van der Waals surface area contributed by atoms with Gasteiger partial charge in [0.15, 0.2) is 0 Å². The van der Waals surface area contributed by atoms with E-state index in [1.165, 1.54) is 18.2 Å². The topological polar surface area (TPSA) is 60.1 Å². The standard InChI is InChI=1S/C18H15F3N4O2/c1-11(2)24(15-8-7-12(19)9-14(15)21)17(26)23-10-22-25(18(23)27)16-6-4-3-5-13(16)20/h3-11H,1-2H3. The number of carbonyl (C=O) groups is 1. The third-order valence-corrected chi connectivity index (χ3v) is 3.85. The van der Waals surface area contributed by atoms with Crippen LogP contribution in [0.4, 0.5) is 23.7 Å². The summed E-state index contributed by atoms with van der Waals surface area (Å²) in [7, 11) is 0. The average molecular weight is 376 g/mol. The van der Waals surface area contributed by atoms with Crippen LogP contribution in [0.1, 0.15) is 13.8 Å². The van der Waals surface area contributed by atoms with Crippen molar-refractivity contribution in [3.8, 4) is 5.69 Å². The number of halogens is 3. The summed E-state index contributed by atoms with van der Waals surface area (Å²) in [6, 6.07) is 6.74. The highest BCUT2D eigenvalue weighted by atomic mass is 19.1. The van der Waals surface area contributed by atoms with E-state index in [-0.39, 0.29) is 11.4 Å². The Morgan fingerprint density at radius 1 is 1.07 bits per heavy atom. The zero-order valence-electron chi connectivity index (χ0n) is 14.4. The lowest BCUT2D eigenvalue weighted by molar-refractivity contribution is 0.245. The highest BCUT2D eigenvalue weighted by Gasteiger charge is 2.26. The molecule has 6 nitrogen and oxygen atoms in total. The highest BCUT2D eigenvalue weighted by Crippen LogP contribution is 2.23. The average Bonchev–Trinajstić information content (AvgIpc) is 2.98. The van der Waals surface area contributed by atoms with Crippen LogP contribution in [0.3, 0.4) is 0 Å². The SMILES string of the molecule is CC(C)N(C(=O)n1cnn(-c2ccccc2F)c1=O)c1ccc(F)cc1F. The van der Waals surface area contributed by atoms with E-state index in [1.54, 1.807) is 13.8 Å². The minimum atomic E-state index is -0.952. The fourth-order valence-corrected chi connectivity index (χ4v) is 2.62. The predicted molar refractivity (Wildman–Crippen MR) is 92.5 cm³/mol. The number of anilines is 1. The molecule has 27 heavy (non-hydrogen) atoms. The van der Waals surface area contributed by atoms with E-state index in [2.05, 4.69) is 5.10 Å². The van der Waals surface area contributed by atoms with Gasteiger partial charge in [0.1, 0.15) is 29.5 Å². The molecule has 0 unspecified atom stereocenters. The van der Waals surface area contributed by atoms with Gasteiger partial charge in [0.25, 0.3) is 0 Å². The van der Waals surface area contributed by atoms with Gasteiger partial charge in [0.2, 0.25) is 0 Å². The molecule has 1 amide bonds. The van der Waals surface area contributed by atoms with E-state index in [1.807, 2.05) is 0 Å². The van der Waals surface area contributed by atoms with Crippen LogP contribution in [0.2, 0.25) is 0 Å². The first kappa shape index (κ1) is 18.4. The monoisotopic (exact) mass is 376 g/mol. The van der Waals surface area contributed by atoms with E-state index < -0.39 is 35.2 Å². The number of hydrogen-bond acceptors (Lipinski definition) is 3. The number of amides is 1. The van der Waals surface area contributed by atoms with Gasteiger partial charge < -0.3 is 0 Å². The molecule has 0 spiro atoms. The van der Waals surface area contributed by atoms with E-state index in [0.29, 0.717) is 10.6 Å². The summed E-state index contributed by atoms with van der Waals surface area (Å²) in [4.78, 5) is 26.4. The number of nitrogens with zero attached hydrogens (tertiary/aromatic N) is 4. The molecule has 0 saturated carbocycles. The number of para-hydroxylation sites is 1. The smallest absolute Gasteiger partial charge is 0.288 e. The second kappa shape index (κ2) is 7.10. The van der Waals surface area contributed by atoms with Crippen molar-refractivity contribution in [3.05, 3.63) is 76.7 Å². The van der Waals surface area contributed by atoms with Gasteiger partial charge in [-0.05, 0) is 38.1 Å². The van der Waals surface area contributed by atoms with Gasteiger partial charge in [-0.15, -0.1) is 0 Å². The van der Waals surface area contributed by atoms with Crippen LogP contribution in [0.5, 0.6) is 0 Å². The van der Waals surface area contributed by atoms with Crippen LogP contribution in [0.25, 0.3) is 5.69 Å². The summed E-state index contributed by atoms with van der Waals surface area (Å²) in [6.07, 6.45) is 0.925. The molecule has 0 N–H and O–H groups in total. The third-order valence-electron chi connectivity index (χ3n) is 3.85. The predicted octanol–water partition coefficient (Wildman–Crippen LogP) is 3.33. The van der Waals surface area contributed by atoms with Crippen LogP contribution in [0.15, 0.2) is 53.6 Å². The summed E-state index contributed by atoms with van der Waals surface area (Å²) in [5.41, 5.74) is -1.24. The summed E-state index contributed by atoms with van der Waals surface area (Å²) >= 11 is 0. The Hall–Kier alpha value is -3.36. The molecule has 0 atom stereocenters. The maximum absolute atomic E-state index is 14.2. The van der Waals surface area contributed by atoms with Crippen molar-refractivity contribution in [3.63, 3.8) is 0 Å². The Balaban J connectivity index is 2.06. The molecule has 0 radical (unpaired) electrons. The van der Waals surface area contributed by atoms with Crippen LogP contribution >= 0.6 is 0 Å². The zero-order chi connectivity index (χ0) is 19.7. The molecule has 0 aliphatic heterocycles. The van der Waals surface area contributed by atoms with Crippen molar-refractivity contribution in [2.45, 2.75) is 19.9 Å². The van der Waals surface area contributed by atoms with Gasteiger partial charge in [0, 0.05) is 12.1 Å². The molecule has 1 aromatic heterocycles. The number of hydrogen-bond donors (Lipinski definition) is 0. The normalized spacial score (nSPS) is 11.0. The molecular weight excluding hydrogens is 361 g/mol. The molecule has 0 aliphatic carbocycles. The van der Waals surface area contributed by atoms with Gasteiger partial charge in [-0.2, -0.15) is 14.3 Å². The van der Waals surface area contributed by atoms with Crippen LogP contribution < -0.4 is 10.6 Å². The number of benzene rings is 2. The van der Waals surface area contributed by atoms with Crippen molar-refractivity contribution in [2.24, 2.45) is 0 Å². The summed E-state index contributed by atoms with van der Waals surface area (Å²) < 4.78 is 42.6. The molecule has 1 heterocycles. The van der Waals surface area contributed by atoms with Crippen LogP contribution in [-0.4, -0.2) is 26.4 Å². The summed E-state index contributed by atoms with van der Waals surface area (Å²) in [5, 5.41) is 3.77. The van der Waals surface area contributed by atoms with E-state index in [9.17, 15) is 22.8 Å². The quantitative estimate of drug-likeness (QED) is 0.705. The number of rotatable bonds is 3. The minimum absolute atomic E-state index is 0.127. The number of carbonyl (C=O) groups excluding carboxylic acids is 1. The minimum Gasteiger partial charge on any atom is -0.288 e. The Kier molecular flexibility index (Phi) is 4.85. The Bertz CT molecular complexity index is 1060. The first-order chi connectivity index (χ1) is 12.8. The Morgan fingerprint density at radius 3 is 2.41 bits per heavy atom. The largest absolute Gasteiger partial charge is 0.358 e. The van der Waals surface area contributed by atoms with Gasteiger partial charge in [-0.1, -0.05) is 12.1 Å². The summed E-state index contributed by atoms with van der Waals surface area (Å²) in [6.45, 7) is 3.21. The van der Waals surface area contributed by atoms with Gasteiger partial charge in [-0.25, -0.2) is 22.8 Å². The van der Waals surface area contributed by atoms with Crippen LogP contribution in [-0.2, 0) is 0 Å². The fraction of sp³-hybridized carbons (Fsp3) is 0.167. The molecule has 0 bridgehead atoms. The molecule has 0 fully saturated rings. The van der Waals surface area contributed by atoms with Crippen molar-refractivity contribution in [2.75, 3.05) is 4.90 Å². The molecule has 9 heteroatoms. The lowest BCUT2D eigenvalue weighted by Gasteiger charge is -2.26. The zero-order valence-corrected chi connectivity index (χ0v) is 14.4. The van der Waals surface area contributed by atoms with Crippen molar-refractivity contribution < 1.29 is 18.0 Å². The molecule has 3 aromatic rings. The molecular formula is C18H15F3N4O2. The third kappa shape index (κ3) is 3.35. The van der Waals surface area contributed by atoms with Crippen molar-refractivity contribution in [1.29, 1.82) is 0 Å². The second-order valence-electron chi connectivity index (χ2n) is 5.99. The van der Waals surface area contributed by atoms with Crippen molar-refractivity contribution in [1.82, 2.24) is 14.3 Å². The second-order valence-corrected chi connectivity index (χ2v) is 5.99. The van der Waals surface area contributed by atoms with E-state index >= 15 is 0 Å². The Labute approximate surface area is 152 Å². The molecule has 0 aliphatic rings. The fourth-order valence-electron chi connectivity index (χ4n) is 2.62. The first-order valence-corrected chi connectivity index (χ1v) is 8.01.